The molecule has 0 bridgehead atoms. The van der Waals surface area contributed by atoms with Gasteiger partial charge in [-0.1, -0.05) is 0 Å². The molecule has 1 rings (SSSR count). The second-order valence-corrected chi connectivity index (χ2v) is 4.00. The van der Waals surface area contributed by atoms with Gasteiger partial charge in [0.1, 0.15) is 6.54 Å². The molecule has 5 heteroatoms. The molecule has 0 atom stereocenters. The van der Waals surface area contributed by atoms with Crippen molar-refractivity contribution in [1.82, 2.24) is 0 Å². The molecule has 1 aromatic carbocycles. The topological polar surface area (TPSA) is 27.0 Å². The van der Waals surface area contributed by atoms with E-state index < -0.39 is 12.7 Å². The summed E-state index contributed by atoms with van der Waals surface area (Å²) in [4.78, 5) is 1.25. The van der Waals surface area contributed by atoms with Crippen molar-refractivity contribution >= 4 is 5.69 Å². The Kier molecular flexibility index (Phi) is 4.00. The van der Waals surface area contributed by atoms with Crippen LogP contribution in [0, 0.1) is 11.3 Å². The van der Waals surface area contributed by atoms with Gasteiger partial charge >= 0.3 is 6.18 Å². The molecule has 1 aromatic rings. The number of anilines is 1. The van der Waals surface area contributed by atoms with Crippen molar-refractivity contribution in [3.63, 3.8) is 0 Å². The average molecular weight is 242 g/mol. The molecular weight excluding hydrogens is 229 g/mol. The molecule has 0 heterocycles. The number of benzene rings is 1. The molecule has 0 fully saturated rings. The fourth-order valence-corrected chi connectivity index (χ4v) is 1.49. The van der Waals surface area contributed by atoms with Crippen molar-refractivity contribution in [2.75, 3.05) is 11.4 Å². The van der Waals surface area contributed by atoms with Gasteiger partial charge in [0.25, 0.3) is 0 Å². The summed E-state index contributed by atoms with van der Waals surface area (Å²) >= 11 is 0. The van der Waals surface area contributed by atoms with Crippen molar-refractivity contribution in [3.05, 3.63) is 29.8 Å². The molecule has 0 aliphatic rings. The minimum absolute atomic E-state index is 0.260. The number of hydrogen-bond acceptors (Lipinski definition) is 2. The molecular formula is C12H13F3N2. The number of nitriles is 1. The molecule has 0 aromatic heterocycles. The number of rotatable bonds is 3. The Balaban J connectivity index is 2.94. The van der Waals surface area contributed by atoms with Gasteiger partial charge in [0, 0.05) is 11.7 Å². The first kappa shape index (κ1) is 13.4. The highest BCUT2D eigenvalue weighted by Crippen LogP contribution is 2.24. The molecule has 0 N–H and O–H groups in total. The summed E-state index contributed by atoms with van der Waals surface area (Å²) in [7, 11) is 0. The van der Waals surface area contributed by atoms with Gasteiger partial charge in [0.05, 0.1) is 11.6 Å². The van der Waals surface area contributed by atoms with Gasteiger partial charge in [-0.15, -0.1) is 0 Å². The summed E-state index contributed by atoms with van der Waals surface area (Å²) in [5.74, 6) is 0. The Labute approximate surface area is 98.3 Å². The largest absolute Gasteiger partial charge is 0.405 e. The molecule has 92 valence electrons. The number of nitrogens with zero attached hydrogens (tertiary/aromatic N) is 2. The molecule has 0 saturated heterocycles. The van der Waals surface area contributed by atoms with Crippen LogP contribution in [0.5, 0.6) is 0 Å². The second kappa shape index (κ2) is 5.09. The van der Waals surface area contributed by atoms with Crippen molar-refractivity contribution in [2.24, 2.45) is 0 Å². The van der Waals surface area contributed by atoms with Crippen LogP contribution < -0.4 is 4.90 Å². The maximum absolute atomic E-state index is 12.4. The standard InChI is InChI=1S/C12H13F3N2/c1-9(2)17(8-12(13,14)15)11-5-3-10(7-16)4-6-11/h3-6,9H,8H2,1-2H3. The maximum atomic E-state index is 12.4. The number of hydrogen-bond donors (Lipinski definition) is 0. The molecule has 0 aliphatic carbocycles. The first-order valence-electron chi connectivity index (χ1n) is 5.17. The summed E-state index contributed by atoms with van der Waals surface area (Å²) in [6, 6.07) is 7.76. The first-order chi connectivity index (χ1) is 7.83. The highest BCUT2D eigenvalue weighted by atomic mass is 19.4. The van der Waals surface area contributed by atoms with E-state index in [1.165, 1.54) is 29.2 Å². The van der Waals surface area contributed by atoms with Gasteiger partial charge in [-0.25, -0.2) is 0 Å². The van der Waals surface area contributed by atoms with Gasteiger partial charge in [0.15, 0.2) is 0 Å². The molecule has 0 aliphatic heterocycles. The summed E-state index contributed by atoms with van der Waals surface area (Å²) in [5, 5.41) is 8.62. The van der Waals surface area contributed by atoms with Crippen LogP contribution in [0.15, 0.2) is 24.3 Å². The van der Waals surface area contributed by atoms with Gasteiger partial charge in [0.2, 0.25) is 0 Å². The summed E-state index contributed by atoms with van der Waals surface area (Å²) in [6.07, 6.45) is -4.24. The Hall–Kier alpha value is -1.70. The zero-order valence-corrected chi connectivity index (χ0v) is 9.62. The Morgan fingerprint density at radius 1 is 1.24 bits per heavy atom. The van der Waals surface area contributed by atoms with Gasteiger partial charge in [-0.2, -0.15) is 18.4 Å². The van der Waals surface area contributed by atoms with E-state index in [0.717, 1.165) is 0 Å². The second-order valence-electron chi connectivity index (χ2n) is 4.00. The lowest BCUT2D eigenvalue weighted by Crippen LogP contribution is -2.39. The van der Waals surface area contributed by atoms with Gasteiger partial charge < -0.3 is 4.90 Å². The Morgan fingerprint density at radius 3 is 2.12 bits per heavy atom. The van der Waals surface area contributed by atoms with E-state index in [1.807, 2.05) is 6.07 Å². The molecule has 2 nitrogen and oxygen atoms in total. The van der Waals surface area contributed by atoms with Crippen LogP contribution in [0.25, 0.3) is 0 Å². The van der Waals surface area contributed by atoms with Crippen LogP contribution >= 0.6 is 0 Å². The lowest BCUT2D eigenvalue weighted by atomic mass is 10.2. The SMILES string of the molecule is CC(C)N(CC(F)(F)F)c1ccc(C#N)cc1. The van der Waals surface area contributed by atoms with Crippen LogP contribution in [0.1, 0.15) is 19.4 Å². The van der Waals surface area contributed by atoms with Crippen LogP contribution in [-0.4, -0.2) is 18.8 Å². The van der Waals surface area contributed by atoms with E-state index >= 15 is 0 Å². The normalized spacial score (nSPS) is 11.4. The van der Waals surface area contributed by atoms with Crippen LogP contribution in [0.4, 0.5) is 18.9 Å². The molecule has 0 spiro atoms. The third-order valence-electron chi connectivity index (χ3n) is 2.30. The third kappa shape index (κ3) is 3.99. The van der Waals surface area contributed by atoms with E-state index in [9.17, 15) is 13.2 Å². The van der Waals surface area contributed by atoms with Gasteiger partial charge in [-0.3, -0.25) is 0 Å². The lowest BCUT2D eigenvalue weighted by Gasteiger charge is -2.29. The molecule has 0 amide bonds. The Bertz CT molecular complexity index is 401. The smallest absolute Gasteiger partial charge is 0.360 e. The average Bonchev–Trinajstić information content (AvgIpc) is 2.25. The predicted molar refractivity (Wildman–Crippen MR) is 59.7 cm³/mol. The van der Waals surface area contributed by atoms with Crippen molar-refractivity contribution in [1.29, 1.82) is 5.26 Å². The van der Waals surface area contributed by atoms with Gasteiger partial charge in [-0.05, 0) is 38.1 Å². The van der Waals surface area contributed by atoms with Crippen molar-refractivity contribution in [2.45, 2.75) is 26.1 Å². The third-order valence-corrected chi connectivity index (χ3v) is 2.30. The van der Waals surface area contributed by atoms with Crippen molar-refractivity contribution < 1.29 is 13.2 Å². The summed E-state index contributed by atoms with van der Waals surface area (Å²) in [6.45, 7) is 2.41. The fourth-order valence-electron chi connectivity index (χ4n) is 1.49. The highest BCUT2D eigenvalue weighted by molar-refractivity contribution is 5.50. The minimum atomic E-state index is -4.24. The maximum Gasteiger partial charge on any atom is 0.405 e. The molecule has 17 heavy (non-hydrogen) atoms. The summed E-state index contributed by atoms with van der Waals surface area (Å²) < 4.78 is 37.2. The predicted octanol–water partition coefficient (Wildman–Crippen LogP) is 3.34. The van der Waals surface area contributed by atoms with E-state index in [4.69, 9.17) is 5.26 Å². The molecule has 0 radical (unpaired) electrons. The van der Waals surface area contributed by atoms with Crippen LogP contribution in [0.2, 0.25) is 0 Å². The monoisotopic (exact) mass is 242 g/mol. The van der Waals surface area contributed by atoms with E-state index in [1.54, 1.807) is 13.8 Å². The first-order valence-corrected chi connectivity index (χ1v) is 5.17. The minimum Gasteiger partial charge on any atom is -0.360 e. The zero-order chi connectivity index (χ0) is 13.1. The lowest BCUT2D eigenvalue weighted by molar-refractivity contribution is -0.120. The molecule has 0 unspecified atom stereocenters. The van der Waals surface area contributed by atoms with Crippen molar-refractivity contribution in [3.8, 4) is 6.07 Å². The molecule has 0 saturated carbocycles. The van der Waals surface area contributed by atoms with Crippen LogP contribution in [-0.2, 0) is 0 Å². The summed E-state index contributed by atoms with van der Waals surface area (Å²) in [5.41, 5.74) is 0.904. The quantitative estimate of drug-likeness (QED) is 0.812. The zero-order valence-electron chi connectivity index (χ0n) is 9.62. The van der Waals surface area contributed by atoms with E-state index in [-0.39, 0.29) is 6.04 Å². The van der Waals surface area contributed by atoms with E-state index in [0.29, 0.717) is 11.3 Å². The highest BCUT2D eigenvalue weighted by Gasteiger charge is 2.31. The Morgan fingerprint density at radius 2 is 1.76 bits per heavy atom. The number of alkyl halides is 3. The number of halogens is 3. The fraction of sp³-hybridized carbons (Fsp3) is 0.417. The van der Waals surface area contributed by atoms with E-state index in [2.05, 4.69) is 0 Å². The van der Waals surface area contributed by atoms with Crippen LogP contribution in [0.3, 0.4) is 0 Å².